The molecule has 0 saturated carbocycles. The Labute approximate surface area is 175 Å². The number of piperidine rings is 1. The molecule has 3 saturated heterocycles. The van der Waals surface area contributed by atoms with E-state index in [1.807, 2.05) is 4.90 Å². The van der Waals surface area contributed by atoms with E-state index in [1.54, 1.807) is 12.1 Å². The third-order valence-corrected chi connectivity index (χ3v) is 6.26. The zero-order chi connectivity index (χ0) is 20.7. The van der Waals surface area contributed by atoms with Gasteiger partial charge in [0.2, 0.25) is 0 Å². The number of aryl methyl sites for hydroxylation is 1. The number of piperazine rings is 1. The molecule has 6 rings (SSSR count). The van der Waals surface area contributed by atoms with Crippen LogP contribution in [0.4, 0.5) is 14.9 Å². The highest BCUT2D eigenvalue weighted by Gasteiger charge is 2.48. The van der Waals surface area contributed by atoms with Gasteiger partial charge in [0.1, 0.15) is 5.82 Å². The molecule has 152 valence electrons. The molecule has 2 N–H and O–H groups in total. The summed E-state index contributed by atoms with van der Waals surface area (Å²) in [5.74, 6) is 0.110. The van der Waals surface area contributed by atoms with Crippen molar-refractivity contribution in [1.82, 2.24) is 10.2 Å². The Morgan fingerprint density at radius 2 is 1.63 bits per heavy atom. The Morgan fingerprint density at radius 3 is 2.30 bits per heavy atom. The van der Waals surface area contributed by atoms with Crippen LogP contribution in [0.3, 0.4) is 0 Å². The maximum atomic E-state index is 13.0. The number of hydrogen-bond acceptors (Lipinski definition) is 2. The van der Waals surface area contributed by atoms with Gasteiger partial charge in [0.05, 0.1) is 0 Å². The van der Waals surface area contributed by atoms with Gasteiger partial charge in [0, 0.05) is 36.8 Å². The number of hydrogen-bond donors (Lipinski definition) is 2. The zero-order valence-electron chi connectivity index (χ0n) is 16.8. The monoisotopic (exact) mass is 401 g/mol. The van der Waals surface area contributed by atoms with Crippen LogP contribution in [0, 0.1) is 12.7 Å². The maximum absolute atomic E-state index is 13.0. The highest BCUT2D eigenvalue weighted by atomic mass is 19.1. The van der Waals surface area contributed by atoms with Gasteiger partial charge in [-0.2, -0.15) is 0 Å². The van der Waals surface area contributed by atoms with E-state index in [0.29, 0.717) is 24.7 Å². The highest BCUT2D eigenvalue weighted by molar-refractivity contribution is 5.89. The Balaban J connectivity index is 1.24. The summed E-state index contributed by atoms with van der Waals surface area (Å²) in [6.07, 6.45) is 0. The molecule has 5 heteroatoms. The number of nitrogens with zero attached hydrogens (tertiary/aromatic N) is 1. The van der Waals surface area contributed by atoms with Crippen molar-refractivity contribution >= 4 is 11.7 Å². The molecule has 0 aliphatic carbocycles. The van der Waals surface area contributed by atoms with Crippen molar-refractivity contribution in [2.24, 2.45) is 0 Å². The lowest BCUT2D eigenvalue weighted by molar-refractivity contribution is 0.0759. The summed E-state index contributed by atoms with van der Waals surface area (Å²) < 4.78 is 13.0. The number of benzene rings is 3. The minimum absolute atomic E-state index is 0.133. The Kier molecular flexibility index (Phi) is 4.75. The van der Waals surface area contributed by atoms with Crippen LogP contribution in [0.1, 0.15) is 17.0 Å². The molecular formula is C25H24FN3O. The number of nitrogens with one attached hydrogen (secondary N) is 2. The van der Waals surface area contributed by atoms with Gasteiger partial charge in [-0.15, -0.1) is 0 Å². The zero-order valence-corrected chi connectivity index (χ0v) is 16.8. The lowest BCUT2D eigenvalue weighted by Gasteiger charge is -2.54. The van der Waals surface area contributed by atoms with Crippen LogP contribution in [0.5, 0.6) is 0 Å². The first-order valence-corrected chi connectivity index (χ1v) is 10.3. The van der Waals surface area contributed by atoms with Gasteiger partial charge in [0.25, 0.3) is 0 Å². The summed E-state index contributed by atoms with van der Waals surface area (Å²) in [4.78, 5) is 14.4. The van der Waals surface area contributed by atoms with E-state index in [4.69, 9.17) is 0 Å². The van der Waals surface area contributed by atoms with E-state index < -0.39 is 0 Å². The van der Waals surface area contributed by atoms with Gasteiger partial charge in [-0.1, -0.05) is 48.5 Å². The number of urea groups is 1. The molecule has 3 aromatic carbocycles. The van der Waals surface area contributed by atoms with Crippen molar-refractivity contribution in [2.45, 2.75) is 24.9 Å². The molecule has 2 bridgehead atoms. The minimum Gasteiger partial charge on any atom is -0.321 e. The fourth-order valence-electron chi connectivity index (χ4n) is 4.67. The van der Waals surface area contributed by atoms with Crippen LogP contribution < -0.4 is 10.6 Å². The van der Waals surface area contributed by atoms with Crippen LogP contribution in [0.15, 0.2) is 72.8 Å². The molecule has 3 aliphatic heterocycles. The summed E-state index contributed by atoms with van der Waals surface area (Å²) in [6.45, 7) is 3.45. The van der Waals surface area contributed by atoms with Crippen LogP contribution in [0.25, 0.3) is 11.1 Å². The fourth-order valence-corrected chi connectivity index (χ4v) is 4.67. The van der Waals surface area contributed by atoms with Crippen molar-refractivity contribution in [3.63, 3.8) is 0 Å². The molecular weight excluding hydrogens is 377 g/mol. The molecule has 0 radical (unpaired) electrons. The lowest BCUT2D eigenvalue weighted by atomic mass is 9.74. The van der Waals surface area contributed by atoms with Gasteiger partial charge in [0.15, 0.2) is 0 Å². The fraction of sp³-hybridized carbons (Fsp3) is 0.240. The second-order valence-electron chi connectivity index (χ2n) is 8.18. The van der Waals surface area contributed by atoms with Crippen molar-refractivity contribution in [3.05, 3.63) is 89.7 Å². The van der Waals surface area contributed by atoms with Crippen molar-refractivity contribution in [2.75, 3.05) is 18.4 Å². The second kappa shape index (κ2) is 7.58. The van der Waals surface area contributed by atoms with E-state index in [0.717, 1.165) is 0 Å². The molecule has 3 aromatic rings. The largest absolute Gasteiger partial charge is 0.321 e. The first kappa shape index (κ1) is 18.8. The molecule has 3 aliphatic rings. The molecule has 30 heavy (non-hydrogen) atoms. The van der Waals surface area contributed by atoms with Crippen LogP contribution in [-0.4, -0.2) is 36.1 Å². The first-order chi connectivity index (χ1) is 14.6. The summed E-state index contributed by atoms with van der Waals surface area (Å²) in [6, 6.07) is 23.5. The molecule has 2 amide bonds. The summed E-state index contributed by atoms with van der Waals surface area (Å²) in [5.41, 5.74) is 5.70. The maximum Gasteiger partial charge on any atom is 0.321 e. The van der Waals surface area contributed by atoms with Gasteiger partial charge in [-0.05, 0) is 53.4 Å². The van der Waals surface area contributed by atoms with Crippen molar-refractivity contribution < 1.29 is 9.18 Å². The van der Waals surface area contributed by atoms with Gasteiger partial charge in [-0.25, -0.2) is 9.18 Å². The van der Waals surface area contributed by atoms with E-state index >= 15 is 0 Å². The Bertz CT molecular complexity index is 1050. The molecule has 0 spiro atoms. The molecule has 4 nitrogen and oxygen atoms in total. The average molecular weight is 401 g/mol. The Morgan fingerprint density at radius 1 is 0.967 bits per heavy atom. The third-order valence-electron chi connectivity index (χ3n) is 6.26. The number of rotatable bonds is 3. The van der Waals surface area contributed by atoms with Crippen LogP contribution in [0.2, 0.25) is 0 Å². The highest BCUT2D eigenvalue weighted by Crippen LogP contribution is 2.38. The number of amides is 2. The van der Waals surface area contributed by atoms with E-state index in [2.05, 4.69) is 66.1 Å². The minimum atomic E-state index is -0.312. The summed E-state index contributed by atoms with van der Waals surface area (Å²) >= 11 is 0. The van der Waals surface area contributed by atoms with Gasteiger partial charge in [-0.3, -0.25) is 0 Å². The predicted molar refractivity (Wildman–Crippen MR) is 117 cm³/mol. The molecule has 3 atom stereocenters. The van der Waals surface area contributed by atoms with E-state index in [9.17, 15) is 9.18 Å². The molecule has 0 aromatic heterocycles. The topological polar surface area (TPSA) is 44.4 Å². The van der Waals surface area contributed by atoms with E-state index in [-0.39, 0.29) is 23.9 Å². The second-order valence-corrected chi connectivity index (χ2v) is 8.18. The molecule has 3 heterocycles. The Hall–Kier alpha value is -3.18. The molecule has 1 unspecified atom stereocenters. The van der Waals surface area contributed by atoms with Gasteiger partial charge < -0.3 is 15.5 Å². The number of carbonyl (C=O) groups excluding carboxylic acids is 1. The predicted octanol–water partition coefficient (Wildman–Crippen LogP) is 4.77. The molecule has 3 fully saturated rings. The third kappa shape index (κ3) is 3.46. The van der Waals surface area contributed by atoms with E-state index in [1.165, 1.54) is 34.4 Å². The lowest BCUT2D eigenvalue weighted by Crippen LogP contribution is -2.72. The average Bonchev–Trinajstić information content (AvgIpc) is 2.76. The normalized spacial score (nSPS) is 22.3. The summed E-state index contributed by atoms with van der Waals surface area (Å²) in [5, 5.41) is 6.43. The van der Waals surface area contributed by atoms with Crippen molar-refractivity contribution in [1.29, 1.82) is 0 Å². The number of halogens is 1. The van der Waals surface area contributed by atoms with Crippen LogP contribution in [-0.2, 0) is 0 Å². The quantitative estimate of drug-likeness (QED) is 0.664. The summed E-state index contributed by atoms with van der Waals surface area (Å²) in [7, 11) is 0. The van der Waals surface area contributed by atoms with Crippen LogP contribution >= 0.6 is 0 Å². The number of fused-ring (bicyclic) bond motifs is 2. The smallest absolute Gasteiger partial charge is 0.321 e. The van der Waals surface area contributed by atoms with Crippen molar-refractivity contribution in [3.8, 4) is 11.1 Å². The standard InChI is InChI=1S/C25H24FN3O/c1-16-4-2-3-5-21(16)17-6-8-18(9-7-17)24-22-14-29(15-23(24)28-22)25(30)27-20-12-10-19(26)11-13-20/h2-13,22-24,28H,14-15H2,1H3,(H,27,30)/t22-,23+,24?. The SMILES string of the molecule is Cc1ccccc1-c1ccc(C2[C@@H]3CN(C(=O)Nc4ccc(F)cc4)C[C@H]2N3)cc1. The first-order valence-electron chi connectivity index (χ1n) is 10.3. The number of carbonyl (C=O) groups is 1. The number of anilines is 1. The van der Waals surface area contributed by atoms with Gasteiger partial charge >= 0.3 is 6.03 Å².